The zero-order valence-electron chi connectivity index (χ0n) is 11.3. The molecule has 0 bridgehead atoms. The van der Waals surface area contributed by atoms with E-state index in [9.17, 15) is 9.36 Å². The Hall–Kier alpha value is -1.82. The quantitative estimate of drug-likeness (QED) is 0.525. The van der Waals surface area contributed by atoms with Gasteiger partial charge in [0.2, 0.25) is 5.95 Å². The molecule has 3 heterocycles. The molecule has 0 amide bonds. The van der Waals surface area contributed by atoms with Gasteiger partial charge in [-0.3, -0.25) is 23.4 Å². The number of fused-ring (bicyclic) bond motifs is 1. The molecule has 2 aromatic rings. The van der Waals surface area contributed by atoms with E-state index in [0.29, 0.717) is 0 Å². The second-order valence-corrected chi connectivity index (χ2v) is 5.77. The van der Waals surface area contributed by atoms with Crippen LogP contribution in [-0.4, -0.2) is 43.7 Å². The molecule has 0 aliphatic carbocycles. The van der Waals surface area contributed by atoms with Gasteiger partial charge in [-0.2, -0.15) is 4.98 Å². The molecule has 0 radical (unpaired) electrons. The lowest BCUT2D eigenvalue weighted by Crippen LogP contribution is -2.30. The molecule has 7 N–H and O–H groups in total. The van der Waals surface area contributed by atoms with Crippen LogP contribution in [0.15, 0.2) is 11.1 Å². The molecule has 3 rings (SSSR count). The average molecular weight is 334 g/mol. The number of rotatable bonds is 3. The summed E-state index contributed by atoms with van der Waals surface area (Å²) in [4.78, 5) is 30.9. The number of nitrogens with zero attached hydrogens (tertiary/aromatic N) is 3. The molecule has 1 saturated heterocycles. The van der Waals surface area contributed by atoms with Gasteiger partial charge in [-0.05, 0) is 0 Å². The number of aromatic nitrogens is 4. The Bertz CT molecular complexity index is 762. The topological polar surface area (TPSA) is 190 Å². The summed E-state index contributed by atoms with van der Waals surface area (Å²) in [6.45, 7) is -0.132. The maximum absolute atomic E-state index is 11.6. The monoisotopic (exact) mass is 334 g/mol. The maximum Gasteiger partial charge on any atom is 0.472 e. The largest absolute Gasteiger partial charge is 0.472 e. The van der Waals surface area contributed by atoms with E-state index in [2.05, 4.69) is 24.0 Å². The second-order valence-electron chi connectivity index (χ2n) is 4.32. The second kappa shape index (κ2) is 6.12. The SMILES string of the molecule is N.Nc1nc2c(ncn2COC2COP(=O)(O)OC2)c(=O)[nH]1. The number of phosphoric acid groups is 1. The van der Waals surface area contributed by atoms with Crippen LogP contribution in [0.4, 0.5) is 5.95 Å². The number of hydrogen-bond acceptors (Lipinski definition) is 9. The minimum Gasteiger partial charge on any atom is -0.369 e. The summed E-state index contributed by atoms with van der Waals surface area (Å²) in [6, 6.07) is 0. The molecule has 0 aromatic carbocycles. The normalized spacial score (nSPS) is 25.0. The summed E-state index contributed by atoms with van der Waals surface area (Å²) in [7, 11) is -3.93. The summed E-state index contributed by atoms with van der Waals surface area (Å²) < 4.78 is 27.2. The smallest absolute Gasteiger partial charge is 0.369 e. The van der Waals surface area contributed by atoms with Crippen molar-refractivity contribution >= 4 is 24.9 Å². The third-order valence-electron chi connectivity index (χ3n) is 2.79. The summed E-state index contributed by atoms with van der Waals surface area (Å²) in [6.07, 6.45) is 0.865. The Labute approximate surface area is 123 Å². The molecule has 1 aliphatic rings. The van der Waals surface area contributed by atoms with E-state index in [0.717, 1.165) is 0 Å². The molecule has 13 heteroatoms. The van der Waals surface area contributed by atoms with E-state index in [1.807, 2.05) is 0 Å². The molecular formula is C9H15N6O6P. The molecule has 22 heavy (non-hydrogen) atoms. The van der Waals surface area contributed by atoms with Crippen molar-refractivity contribution in [1.82, 2.24) is 25.7 Å². The summed E-state index contributed by atoms with van der Waals surface area (Å²) >= 11 is 0. The van der Waals surface area contributed by atoms with Crippen molar-refractivity contribution in [2.45, 2.75) is 12.8 Å². The van der Waals surface area contributed by atoms with Gasteiger partial charge in [0.05, 0.1) is 19.5 Å². The third-order valence-corrected chi connectivity index (χ3v) is 3.74. The van der Waals surface area contributed by atoms with Crippen LogP contribution in [0.3, 0.4) is 0 Å². The zero-order valence-corrected chi connectivity index (χ0v) is 12.2. The number of hydrogen-bond donors (Lipinski definition) is 4. The van der Waals surface area contributed by atoms with E-state index in [1.54, 1.807) is 0 Å². The molecule has 1 aliphatic heterocycles. The highest BCUT2D eigenvalue weighted by Crippen LogP contribution is 2.46. The van der Waals surface area contributed by atoms with Crippen molar-refractivity contribution in [3.8, 4) is 0 Å². The Balaban J connectivity index is 0.00000176. The number of ether oxygens (including phenoxy) is 1. The van der Waals surface area contributed by atoms with Crippen LogP contribution in [-0.2, 0) is 25.1 Å². The van der Waals surface area contributed by atoms with Gasteiger partial charge in [0.15, 0.2) is 11.2 Å². The minimum absolute atomic E-state index is 0. The predicted molar refractivity (Wildman–Crippen MR) is 74.2 cm³/mol. The molecule has 122 valence electrons. The first kappa shape index (κ1) is 16.5. The lowest BCUT2D eigenvalue weighted by molar-refractivity contribution is -0.0720. The zero-order chi connectivity index (χ0) is 15.0. The number of phosphoric ester groups is 1. The first-order valence-electron chi connectivity index (χ1n) is 5.89. The summed E-state index contributed by atoms with van der Waals surface area (Å²) in [5, 5.41) is 0. The molecule has 0 spiro atoms. The Kier molecular flexibility index (Phi) is 4.60. The van der Waals surface area contributed by atoms with Gasteiger partial charge < -0.3 is 21.5 Å². The number of H-pyrrole nitrogens is 1. The van der Waals surface area contributed by atoms with Crippen molar-refractivity contribution < 1.29 is 23.2 Å². The highest BCUT2D eigenvalue weighted by Gasteiger charge is 2.31. The fourth-order valence-corrected chi connectivity index (χ4v) is 2.57. The molecule has 0 unspecified atom stereocenters. The maximum atomic E-state index is 11.6. The Morgan fingerprint density at radius 1 is 1.55 bits per heavy atom. The van der Waals surface area contributed by atoms with Crippen molar-refractivity contribution in [1.29, 1.82) is 0 Å². The van der Waals surface area contributed by atoms with Gasteiger partial charge in [-0.15, -0.1) is 0 Å². The lowest BCUT2D eigenvalue weighted by Gasteiger charge is -2.25. The van der Waals surface area contributed by atoms with Crippen molar-refractivity contribution in [2.24, 2.45) is 0 Å². The van der Waals surface area contributed by atoms with Gasteiger partial charge >= 0.3 is 7.82 Å². The minimum atomic E-state index is -3.93. The highest BCUT2D eigenvalue weighted by molar-refractivity contribution is 7.47. The van der Waals surface area contributed by atoms with Crippen LogP contribution in [0, 0.1) is 0 Å². The van der Waals surface area contributed by atoms with Crippen molar-refractivity contribution in [3.05, 3.63) is 16.7 Å². The van der Waals surface area contributed by atoms with Gasteiger partial charge in [-0.1, -0.05) is 0 Å². The first-order valence-corrected chi connectivity index (χ1v) is 7.38. The first-order chi connectivity index (χ1) is 9.94. The molecule has 0 saturated carbocycles. The van der Waals surface area contributed by atoms with Crippen molar-refractivity contribution in [2.75, 3.05) is 18.9 Å². The number of anilines is 1. The van der Waals surface area contributed by atoms with E-state index < -0.39 is 19.5 Å². The van der Waals surface area contributed by atoms with E-state index in [4.69, 9.17) is 15.4 Å². The average Bonchev–Trinajstić information content (AvgIpc) is 2.81. The molecule has 2 aromatic heterocycles. The molecule has 0 atom stereocenters. The molecule has 1 fully saturated rings. The Morgan fingerprint density at radius 3 is 2.91 bits per heavy atom. The van der Waals surface area contributed by atoms with E-state index >= 15 is 0 Å². The van der Waals surface area contributed by atoms with Crippen LogP contribution in [0.25, 0.3) is 11.2 Å². The number of nitrogen functional groups attached to an aromatic ring is 1. The van der Waals surface area contributed by atoms with Crippen molar-refractivity contribution in [3.63, 3.8) is 0 Å². The Morgan fingerprint density at radius 2 is 2.23 bits per heavy atom. The number of imidazole rings is 1. The van der Waals surface area contributed by atoms with Crippen LogP contribution < -0.4 is 17.4 Å². The number of nitrogens with one attached hydrogen (secondary N) is 1. The highest BCUT2D eigenvalue weighted by atomic mass is 31.2. The summed E-state index contributed by atoms with van der Waals surface area (Å²) in [5.41, 5.74) is 5.45. The standard InChI is InChI=1S/C9H12N5O6P.H3N/c10-9-12-7-6(8(15)13-9)11-3-14(7)4-18-5-1-19-21(16,17)20-2-5;/h3,5H,1-2,4H2,(H,16,17)(H3,10,12,13,15);1H3. The molecular weight excluding hydrogens is 319 g/mol. The lowest BCUT2D eigenvalue weighted by atomic mass is 10.4. The van der Waals surface area contributed by atoms with E-state index in [-0.39, 0.29) is 43.2 Å². The van der Waals surface area contributed by atoms with Gasteiger partial charge in [-0.25, -0.2) is 9.55 Å². The predicted octanol–water partition coefficient (Wildman–Crippen LogP) is -0.646. The van der Waals surface area contributed by atoms with Crippen LogP contribution in [0.5, 0.6) is 0 Å². The fourth-order valence-electron chi connectivity index (χ4n) is 1.79. The van der Waals surface area contributed by atoms with Crippen LogP contribution in [0.1, 0.15) is 0 Å². The molecule has 12 nitrogen and oxygen atoms in total. The number of aromatic amines is 1. The van der Waals surface area contributed by atoms with Gasteiger partial charge in [0.1, 0.15) is 12.8 Å². The number of nitrogens with two attached hydrogens (primary N) is 1. The van der Waals surface area contributed by atoms with Crippen LogP contribution >= 0.6 is 7.82 Å². The summed E-state index contributed by atoms with van der Waals surface area (Å²) in [5.74, 6) is -0.0280. The van der Waals surface area contributed by atoms with Gasteiger partial charge in [0, 0.05) is 0 Å². The van der Waals surface area contributed by atoms with Gasteiger partial charge in [0.25, 0.3) is 5.56 Å². The van der Waals surface area contributed by atoms with Crippen LogP contribution in [0.2, 0.25) is 0 Å². The van der Waals surface area contributed by atoms with E-state index in [1.165, 1.54) is 10.9 Å². The fraction of sp³-hybridized carbons (Fsp3) is 0.444. The third kappa shape index (κ3) is 3.32.